The molecule has 6 heteroatoms. The van der Waals surface area contributed by atoms with Crippen molar-refractivity contribution in [1.82, 2.24) is 4.90 Å². The maximum absolute atomic E-state index is 12.6. The monoisotopic (exact) mass is 357 g/mol. The van der Waals surface area contributed by atoms with E-state index in [1.165, 1.54) is 13.2 Å². The molecule has 1 fully saturated rings. The molecule has 1 aliphatic heterocycles. The summed E-state index contributed by atoms with van der Waals surface area (Å²) in [7, 11) is 1.54. The van der Waals surface area contributed by atoms with E-state index in [1.807, 2.05) is 0 Å². The summed E-state index contributed by atoms with van der Waals surface area (Å²) >= 11 is 0. The molecule has 1 heterocycles. The summed E-state index contributed by atoms with van der Waals surface area (Å²) in [6.07, 6.45) is 0.160. The summed E-state index contributed by atoms with van der Waals surface area (Å²) in [6, 6.07) is 11.5. The van der Waals surface area contributed by atoms with Gasteiger partial charge in [0.05, 0.1) is 7.11 Å². The van der Waals surface area contributed by atoms with Crippen molar-refractivity contribution in [2.45, 2.75) is 24.9 Å². The van der Waals surface area contributed by atoms with Gasteiger partial charge in [0.25, 0.3) is 5.91 Å². The Labute approximate surface area is 152 Å². The Bertz CT molecular complexity index is 784. The summed E-state index contributed by atoms with van der Waals surface area (Å²) in [5.74, 6) is 0.488. The second-order valence-electron chi connectivity index (χ2n) is 6.52. The van der Waals surface area contributed by atoms with E-state index in [1.54, 1.807) is 41.3 Å². The molecular weight excluding hydrogens is 334 g/mol. The molecule has 0 bridgehead atoms. The lowest BCUT2D eigenvalue weighted by Gasteiger charge is -2.33. The molecule has 0 radical (unpaired) electrons. The lowest BCUT2D eigenvalue weighted by atomic mass is 9.88. The van der Waals surface area contributed by atoms with Gasteiger partial charge in [-0.25, -0.2) is 0 Å². The number of likely N-dealkylation sites (tertiary alicyclic amines) is 1. The van der Waals surface area contributed by atoms with Crippen molar-refractivity contribution in [3.63, 3.8) is 0 Å². The molecule has 1 amide bonds. The summed E-state index contributed by atoms with van der Waals surface area (Å²) in [5.41, 5.74) is 1.29. The molecule has 0 aromatic heterocycles. The predicted molar refractivity (Wildman–Crippen MR) is 96.3 cm³/mol. The standard InChI is InChI=1S/C20H23NO5/c1-26-16-4-2-3-14(11-16)19(24)20(25)21-9-7-13(8-10-21)17-6-5-15(22)12-18(17)23/h2-6,11-13,19,22-24H,7-10H2,1H3. The van der Waals surface area contributed by atoms with Gasteiger partial charge in [-0.05, 0) is 48.1 Å². The van der Waals surface area contributed by atoms with Gasteiger partial charge in [-0.3, -0.25) is 4.79 Å². The number of aromatic hydroxyl groups is 2. The number of methoxy groups -OCH3 is 1. The molecule has 0 spiro atoms. The van der Waals surface area contributed by atoms with Crippen LogP contribution in [-0.2, 0) is 4.79 Å². The number of hydrogen-bond acceptors (Lipinski definition) is 5. The first-order valence-corrected chi connectivity index (χ1v) is 8.62. The minimum atomic E-state index is -1.22. The molecule has 26 heavy (non-hydrogen) atoms. The van der Waals surface area contributed by atoms with Crippen LogP contribution in [0.15, 0.2) is 42.5 Å². The highest BCUT2D eigenvalue weighted by Gasteiger charge is 2.29. The lowest BCUT2D eigenvalue weighted by Crippen LogP contribution is -2.40. The molecule has 1 unspecified atom stereocenters. The van der Waals surface area contributed by atoms with E-state index in [0.717, 1.165) is 5.56 Å². The minimum Gasteiger partial charge on any atom is -0.508 e. The van der Waals surface area contributed by atoms with Crippen LogP contribution < -0.4 is 4.74 Å². The molecule has 1 saturated heterocycles. The van der Waals surface area contributed by atoms with Gasteiger partial charge >= 0.3 is 0 Å². The third kappa shape index (κ3) is 3.75. The van der Waals surface area contributed by atoms with Crippen LogP contribution in [-0.4, -0.2) is 46.3 Å². The Morgan fingerprint density at radius 2 is 1.88 bits per heavy atom. The summed E-state index contributed by atoms with van der Waals surface area (Å²) in [5, 5.41) is 29.8. The number of hydrogen-bond donors (Lipinski definition) is 3. The molecule has 1 atom stereocenters. The number of phenolic OH excluding ortho intramolecular Hbond substituents is 2. The summed E-state index contributed by atoms with van der Waals surface area (Å²) in [4.78, 5) is 14.3. The van der Waals surface area contributed by atoms with Gasteiger partial charge in [-0.2, -0.15) is 0 Å². The quantitative estimate of drug-likeness (QED) is 0.782. The molecule has 3 rings (SSSR count). The summed E-state index contributed by atoms with van der Waals surface area (Å²) in [6.45, 7) is 1.01. The molecular formula is C20H23NO5. The Morgan fingerprint density at radius 3 is 2.54 bits per heavy atom. The van der Waals surface area contributed by atoms with Crippen molar-refractivity contribution in [1.29, 1.82) is 0 Å². The van der Waals surface area contributed by atoms with E-state index in [0.29, 0.717) is 37.2 Å². The van der Waals surface area contributed by atoms with Crippen LogP contribution in [0, 0.1) is 0 Å². The molecule has 0 aliphatic carbocycles. The molecule has 3 N–H and O–H groups in total. The van der Waals surface area contributed by atoms with Crippen molar-refractivity contribution in [2.24, 2.45) is 0 Å². The van der Waals surface area contributed by atoms with Crippen molar-refractivity contribution in [3.8, 4) is 17.2 Å². The molecule has 1 aliphatic rings. The van der Waals surface area contributed by atoms with Crippen molar-refractivity contribution in [2.75, 3.05) is 20.2 Å². The number of nitrogens with zero attached hydrogens (tertiary/aromatic N) is 1. The van der Waals surface area contributed by atoms with Gasteiger partial charge in [0.2, 0.25) is 0 Å². The van der Waals surface area contributed by atoms with Gasteiger partial charge in [0.15, 0.2) is 6.10 Å². The Balaban J connectivity index is 1.64. The normalized spacial score (nSPS) is 16.3. The number of phenols is 2. The van der Waals surface area contributed by atoms with Gasteiger partial charge in [-0.15, -0.1) is 0 Å². The van der Waals surface area contributed by atoms with E-state index in [-0.39, 0.29) is 23.3 Å². The molecule has 2 aromatic carbocycles. The molecule has 2 aromatic rings. The zero-order chi connectivity index (χ0) is 18.7. The highest BCUT2D eigenvalue weighted by atomic mass is 16.5. The van der Waals surface area contributed by atoms with Crippen LogP contribution in [0.3, 0.4) is 0 Å². The number of benzene rings is 2. The summed E-state index contributed by atoms with van der Waals surface area (Å²) < 4.78 is 5.14. The first kappa shape index (κ1) is 18.1. The Morgan fingerprint density at radius 1 is 1.15 bits per heavy atom. The second kappa shape index (κ2) is 7.66. The zero-order valence-electron chi connectivity index (χ0n) is 14.6. The Hall–Kier alpha value is -2.73. The third-order valence-electron chi connectivity index (χ3n) is 4.90. The highest BCUT2D eigenvalue weighted by Crippen LogP contribution is 2.36. The number of ether oxygens (including phenoxy) is 1. The zero-order valence-corrected chi connectivity index (χ0v) is 14.6. The number of carbonyl (C=O) groups is 1. The number of aliphatic hydroxyl groups excluding tert-OH is 1. The topological polar surface area (TPSA) is 90.2 Å². The largest absolute Gasteiger partial charge is 0.508 e. The number of amides is 1. The van der Waals surface area contributed by atoms with Gasteiger partial charge in [0, 0.05) is 19.2 Å². The molecule has 6 nitrogen and oxygen atoms in total. The first-order chi connectivity index (χ1) is 12.5. The SMILES string of the molecule is COc1cccc(C(O)C(=O)N2CCC(c3ccc(O)cc3O)CC2)c1. The van der Waals surface area contributed by atoms with Crippen LogP contribution in [0.2, 0.25) is 0 Å². The average Bonchev–Trinajstić information content (AvgIpc) is 2.67. The van der Waals surface area contributed by atoms with E-state index >= 15 is 0 Å². The van der Waals surface area contributed by atoms with Crippen LogP contribution >= 0.6 is 0 Å². The minimum absolute atomic E-state index is 0.0280. The first-order valence-electron chi connectivity index (χ1n) is 8.62. The number of aliphatic hydroxyl groups is 1. The number of carbonyl (C=O) groups excluding carboxylic acids is 1. The second-order valence-corrected chi connectivity index (χ2v) is 6.52. The number of piperidine rings is 1. The van der Waals surface area contributed by atoms with Crippen molar-refractivity contribution < 1.29 is 24.9 Å². The molecule has 0 saturated carbocycles. The molecule has 138 valence electrons. The van der Waals surface area contributed by atoms with E-state index in [9.17, 15) is 20.1 Å². The smallest absolute Gasteiger partial charge is 0.256 e. The van der Waals surface area contributed by atoms with E-state index < -0.39 is 6.10 Å². The van der Waals surface area contributed by atoms with E-state index in [2.05, 4.69) is 0 Å². The lowest BCUT2D eigenvalue weighted by molar-refractivity contribution is -0.141. The van der Waals surface area contributed by atoms with Gasteiger partial charge in [0.1, 0.15) is 17.2 Å². The van der Waals surface area contributed by atoms with Crippen LogP contribution in [0.1, 0.15) is 36.0 Å². The maximum Gasteiger partial charge on any atom is 0.256 e. The third-order valence-corrected chi connectivity index (χ3v) is 4.90. The average molecular weight is 357 g/mol. The fourth-order valence-electron chi connectivity index (χ4n) is 3.42. The fourth-order valence-corrected chi connectivity index (χ4v) is 3.42. The van der Waals surface area contributed by atoms with Crippen molar-refractivity contribution in [3.05, 3.63) is 53.6 Å². The Kier molecular flexibility index (Phi) is 5.32. The number of rotatable bonds is 4. The van der Waals surface area contributed by atoms with Crippen LogP contribution in [0.5, 0.6) is 17.2 Å². The van der Waals surface area contributed by atoms with E-state index in [4.69, 9.17) is 4.74 Å². The van der Waals surface area contributed by atoms with Gasteiger partial charge < -0.3 is 25.0 Å². The van der Waals surface area contributed by atoms with Crippen molar-refractivity contribution >= 4 is 5.91 Å². The predicted octanol–water partition coefficient (Wildman–Crippen LogP) is 2.55. The maximum atomic E-state index is 12.6. The van der Waals surface area contributed by atoms with Crippen LogP contribution in [0.4, 0.5) is 0 Å². The van der Waals surface area contributed by atoms with Crippen LogP contribution in [0.25, 0.3) is 0 Å². The van der Waals surface area contributed by atoms with Gasteiger partial charge in [-0.1, -0.05) is 18.2 Å². The highest BCUT2D eigenvalue weighted by molar-refractivity contribution is 5.82. The fraction of sp³-hybridized carbons (Fsp3) is 0.350.